The Kier molecular flexibility index (Phi) is 7.92. The van der Waals surface area contributed by atoms with Crippen molar-refractivity contribution >= 4 is 40.6 Å². The molecule has 2 aromatic carbocycles. The Hall–Kier alpha value is -3.60. The molecule has 2 aliphatic heterocycles. The minimum Gasteiger partial charge on any atom is -0.461 e. The number of halogens is 4. The van der Waals surface area contributed by atoms with Gasteiger partial charge in [-0.2, -0.15) is 18.4 Å². The molecule has 0 atom stereocenters. The molecule has 2 fully saturated rings. The van der Waals surface area contributed by atoms with Gasteiger partial charge >= 0.3 is 12.1 Å². The quantitative estimate of drug-likeness (QED) is 0.294. The van der Waals surface area contributed by atoms with Crippen LogP contribution in [0.2, 0.25) is 0 Å². The van der Waals surface area contributed by atoms with E-state index in [0.717, 1.165) is 17.0 Å². The molecule has 1 amide bonds. The molecule has 0 spiro atoms. The van der Waals surface area contributed by atoms with Crippen LogP contribution in [0.3, 0.4) is 0 Å². The van der Waals surface area contributed by atoms with Crippen molar-refractivity contribution in [1.82, 2.24) is 4.90 Å². The molecule has 13 heteroatoms. The summed E-state index contributed by atoms with van der Waals surface area (Å²) in [6.07, 6.45) is -4.84. The van der Waals surface area contributed by atoms with E-state index in [2.05, 4.69) is 4.90 Å². The SMILES string of the molecule is CC1(C)C(=O)N(c2ccc(C#N)c(C(F)(F)F)c2)C(=S)N1c1ccc(C(=O)OCCN2CCOCC2)c(F)c1. The van der Waals surface area contributed by atoms with Crippen molar-refractivity contribution in [1.29, 1.82) is 5.26 Å². The Morgan fingerprint density at radius 1 is 1.15 bits per heavy atom. The van der Waals surface area contributed by atoms with E-state index in [-0.39, 0.29) is 28.7 Å². The summed E-state index contributed by atoms with van der Waals surface area (Å²) in [6, 6.07) is 7.92. The first-order chi connectivity index (χ1) is 18.4. The van der Waals surface area contributed by atoms with Crippen molar-refractivity contribution in [2.45, 2.75) is 25.6 Å². The number of ether oxygens (including phenoxy) is 2. The van der Waals surface area contributed by atoms with E-state index in [1.165, 1.54) is 43.0 Å². The Balaban J connectivity index is 1.56. The van der Waals surface area contributed by atoms with Crippen LogP contribution in [0.4, 0.5) is 28.9 Å². The number of nitrogens with zero attached hydrogens (tertiary/aromatic N) is 4. The van der Waals surface area contributed by atoms with Gasteiger partial charge in [0.1, 0.15) is 18.0 Å². The highest BCUT2D eigenvalue weighted by molar-refractivity contribution is 7.81. The van der Waals surface area contributed by atoms with E-state index < -0.39 is 40.5 Å². The number of carbonyl (C=O) groups excluding carboxylic acids is 2. The van der Waals surface area contributed by atoms with E-state index in [9.17, 15) is 22.8 Å². The summed E-state index contributed by atoms with van der Waals surface area (Å²) in [7, 11) is 0. The Bertz CT molecular complexity index is 1350. The van der Waals surface area contributed by atoms with Gasteiger partial charge in [0.05, 0.1) is 41.7 Å². The van der Waals surface area contributed by atoms with Crippen LogP contribution in [0.25, 0.3) is 0 Å². The number of rotatable bonds is 6. The standard InChI is InChI=1S/C26H24F4N4O4S/c1-25(2)23(36)33(17-4-3-16(15-31)20(13-17)26(28,29)30)24(39)34(25)18-5-6-19(21(27)14-18)22(35)38-12-9-32-7-10-37-11-8-32/h3-6,13-14H,7-12H2,1-2H3. The zero-order chi connectivity index (χ0) is 28.5. The van der Waals surface area contributed by atoms with Crippen LogP contribution in [0.5, 0.6) is 0 Å². The number of hydrogen-bond acceptors (Lipinski definition) is 7. The Morgan fingerprint density at radius 2 is 1.82 bits per heavy atom. The first-order valence-electron chi connectivity index (χ1n) is 11.9. The molecule has 0 aliphatic carbocycles. The van der Waals surface area contributed by atoms with Gasteiger partial charge in [-0.1, -0.05) is 0 Å². The highest BCUT2D eigenvalue weighted by atomic mass is 32.1. The van der Waals surface area contributed by atoms with Crippen LogP contribution in [0, 0.1) is 17.1 Å². The first kappa shape index (κ1) is 28.4. The lowest BCUT2D eigenvalue weighted by Gasteiger charge is -2.29. The predicted octanol–water partition coefficient (Wildman–Crippen LogP) is 4.12. The lowest BCUT2D eigenvalue weighted by atomic mass is 10.0. The van der Waals surface area contributed by atoms with Crippen LogP contribution in [0.15, 0.2) is 36.4 Å². The van der Waals surface area contributed by atoms with E-state index in [1.54, 1.807) is 0 Å². The Labute approximate surface area is 227 Å². The third-order valence-electron chi connectivity index (χ3n) is 6.53. The molecule has 2 saturated heterocycles. The number of benzene rings is 2. The van der Waals surface area contributed by atoms with Crippen molar-refractivity contribution in [2.24, 2.45) is 0 Å². The number of anilines is 2. The lowest BCUT2D eigenvalue weighted by Crippen LogP contribution is -2.44. The molecule has 0 radical (unpaired) electrons. The van der Waals surface area contributed by atoms with Gasteiger partial charge in [0, 0.05) is 25.3 Å². The second-order valence-corrected chi connectivity index (χ2v) is 9.78. The van der Waals surface area contributed by atoms with Crippen LogP contribution < -0.4 is 9.80 Å². The number of thiocarbonyl (C=S) groups is 1. The summed E-state index contributed by atoms with van der Waals surface area (Å²) in [5.74, 6) is -2.42. The summed E-state index contributed by atoms with van der Waals surface area (Å²) in [5, 5.41) is 8.88. The molecule has 2 heterocycles. The molecule has 0 bridgehead atoms. The molecular formula is C26H24F4N4O4S. The van der Waals surface area contributed by atoms with E-state index in [1.807, 2.05) is 0 Å². The zero-order valence-electron chi connectivity index (χ0n) is 21.0. The van der Waals surface area contributed by atoms with Crippen molar-refractivity contribution < 1.29 is 36.6 Å². The van der Waals surface area contributed by atoms with E-state index in [4.69, 9.17) is 27.0 Å². The maximum Gasteiger partial charge on any atom is 0.417 e. The molecule has 0 N–H and O–H groups in total. The van der Waals surface area contributed by atoms with Crippen LogP contribution >= 0.6 is 12.2 Å². The Morgan fingerprint density at radius 3 is 2.44 bits per heavy atom. The molecule has 0 unspecified atom stereocenters. The van der Waals surface area contributed by atoms with Gasteiger partial charge in [0.15, 0.2) is 5.11 Å². The molecule has 8 nitrogen and oxygen atoms in total. The molecular weight excluding hydrogens is 540 g/mol. The maximum atomic E-state index is 15.0. The van der Waals surface area contributed by atoms with E-state index in [0.29, 0.717) is 38.9 Å². The van der Waals surface area contributed by atoms with Crippen LogP contribution in [-0.2, 0) is 20.4 Å². The number of esters is 1. The maximum absolute atomic E-state index is 15.0. The number of hydrogen-bond donors (Lipinski definition) is 0. The molecule has 4 rings (SSSR count). The van der Waals surface area contributed by atoms with E-state index >= 15 is 4.39 Å². The van der Waals surface area contributed by atoms with Gasteiger partial charge in [-0.05, 0) is 62.5 Å². The minimum absolute atomic E-state index is 0.0667. The van der Waals surface area contributed by atoms with Gasteiger partial charge in [0.2, 0.25) is 0 Å². The first-order valence-corrected chi connectivity index (χ1v) is 12.3. The number of nitriles is 1. The average molecular weight is 565 g/mol. The second kappa shape index (κ2) is 10.9. The fraction of sp³-hybridized carbons (Fsp3) is 0.385. The fourth-order valence-corrected chi connectivity index (χ4v) is 4.96. The summed E-state index contributed by atoms with van der Waals surface area (Å²) >= 11 is 5.45. The normalized spacial score (nSPS) is 17.9. The van der Waals surface area contributed by atoms with Gasteiger partial charge in [0.25, 0.3) is 5.91 Å². The highest BCUT2D eigenvalue weighted by Gasteiger charge is 2.51. The van der Waals surface area contributed by atoms with Gasteiger partial charge < -0.3 is 14.4 Å². The third-order valence-corrected chi connectivity index (χ3v) is 6.90. The molecule has 0 aromatic heterocycles. The predicted molar refractivity (Wildman–Crippen MR) is 137 cm³/mol. The highest BCUT2D eigenvalue weighted by Crippen LogP contribution is 2.40. The second-order valence-electron chi connectivity index (χ2n) is 9.41. The van der Waals surface area contributed by atoms with Crippen molar-refractivity contribution in [3.05, 3.63) is 58.9 Å². The smallest absolute Gasteiger partial charge is 0.417 e. The molecule has 0 saturated carbocycles. The van der Waals surface area contributed by atoms with Crippen molar-refractivity contribution in [2.75, 3.05) is 49.3 Å². The number of alkyl halides is 3. The lowest BCUT2D eigenvalue weighted by molar-refractivity contribution is -0.137. The van der Waals surface area contributed by atoms with Crippen LogP contribution in [0.1, 0.15) is 35.3 Å². The fourth-order valence-electron chi connectivity index (χ4n) is 4.44. The van der Waals surface area contributed by atoms with Gasteiger partial charge in [-0.3, -0.25) is 14.6 Å². The van der Waals surface area contributed by atoms with Crippen LogP contribution in [-0.4, -0.2) is 66.9 Å². The molecule has 2 aliphatic rings. The third kappa shape index (κ3) is 5.59. The van der Waals surface area contributed by atoms with Gasteiger partial charge in [-0.15, -0.1) is 0 Å². The molecule has 206 valence electrons. The van der Waals surface area contributed by atoms with Gasteiger partial charge in [-0.25, -0.2) is 9.18 Å². The summed E-state index contributed by atoms with van der Waals surface area (Å²) in [6.45, 7) is 6.12. The summed E-state index contributed by atoms with van der Waals surface area (Å²) < 4.78 is 66.1. The van der Waals surface area contributed by atoms with Crippen molar-refractivity contribution in [3.63, 3.8) is 0 Å². The zero-order valence-corrected chi connectivity index (χ0v) is 21.9. The monoisotopic (exact) mass is 564 g/mol. The number of carbonyl (C=O) groups is 2. The largest absolute Gasteiger partial charge is 0.461 e. The van der Waals surface area contributed by atoms with Crippen molar-refractivity contribution in [3.8, 4) is 6.07 Å². The number of amides is 1. The number of morpholine rings is 1. The summed E-state index contributed by atoms with van der Waals surface area (Å²) in [5.41, 5.74) is -3.60. The average Bonchev–Trinajstić information content (AvgIpc) is 3.06. The molecule has 2 aromatic rings. The minimum atomic E-state index is -4.84. The molecule has 39 heavy (non-hydrogen) atoms. The summed E-state index contributed by atoms with van der Waals surface area (Å²) in [4.78, 5) is 30.0. The topological polar surface area (TPSA) is 86.1 Å².